The first-order valence-corrected chi connectivity index (χ1v) is 5.92. The average molecular weight is 192 g/mol. The Balaban J connectivity index is 3.06. The maximum absolute atomic E-state index is 3.11. The highest BCUT2D eigenvalue weighted by molar-refractivity contribution is 4.81. The van der Waals surface area contributed by atoms with Gasteiger partial charge in [-0.15, -0.1) is 5.73 Å². The van der Waals surface area contributed by atoms with E-state index in [2.05, 4.69) is 30.9 Å². The average Bonchev–Trinajstić information content (AvgIpc) is 2.21. The van der Waals surface area contributed by atoms with Crippen LogP contribution in [0.25, 0.3) is 0 Å². The summed E-state index contributed by atoms with van der Waals surface area (Å²) in [6.07, 6.45) is 17.7. The summed E-state index contributed by atoms with van der Waals surface area (Å²) in [5, 5.41) is 0. The van der Waals surface area contributed by atoms with E-state index in [-0.39, 0.29) is 0 Å². The second-order valence-corrected chi connectivity index (χ2v) is 3.53. The van der Waals surface area contributed by atoms with Gasteiger partial charge in [-0.25, -0.2) is 0 Å². The lowest BCUT2D eigenvalue weighted by atomic mass is 10.1. The maximum atomic E-state index is 3.11. The van der Waals surface area contributed by atoms with E-state index in [0.29, 0.717) is 0 Å². The molecule has 0 aromatic rings. The summed E-state index contributed by atoms with van der Waals surface area (Å²) in [7, 11) is 0. The van der Waals surface area contributed by atoms with Crippen molar-refractivity contribution in [1.29, 1.82) is 0 Å². The Hall–Kier alpha value is -0.740. The molecule has 0 aliphatic rings. The number of unbranched alkanes of at least 4 members (excludes halogenated alkanes) is 5. The Labute approximate surface area is 89.4 Å². The van der Waals surface area contributed by atoms with Gasteiger partial charge in [-0.3, -0.25) is 0 Å². The minimum absolute atomic E-state index is 1.17. The number of allylic oxidation sites excluding steroid dienone is 3. The van der Waals surface area contributed by atoms with E-state index in [1.54, 1.807) is 0 Å². The third-order valence-electron chi connectivity index (χ3n) is 2.16. The van der Waals surface area contributed by atoms with Gasteiger partial charge >= 0.3 is 0 Å². The first kappa shape index (κ1) is 13.3. The van der Waals surface area contributed by atoms with Crippen LogP contribution < -0.4 is 0 Å². The fraction of sp³-hybridized carbons (Fsp3) is 0.643. The van der Waals surface area contributed by atoms with E-state index in [9.17, 15) is 0 Å². The third-order valence-corrected chi connectivity index (χ3v) is 2.16. The zero-order valence-electron chi connectivity index (χ0n) is 9.76. The number of hydrogen-bond acceptors (Lipinski definition) is 0. The van der Waals surface area contributed by atoms with Gasteiger partial charge in [0.05, 0.1) is 0 Å². The largest absolute Gasteiger partial charge is 0.130 e. The minimum Gasteiger partial charge on any atom is -0.130 e. The van der Waals surface area contributed by atoms with Crippen LogP contribution in [0.5, 0.6) is 0 Å². The van der Waals surface area contributed by atoms with Crippen molar-refractivity contribution in [2.45, 2.75) is 58.8 Å². The topological polar surface area (TPSA) is 0 Å². The first-order chi connectivity index (χ1) is 6.91. The zero-order chi connectivity index (χ0) is 10.5. The summed E-state index contributed by atoms with van der Waals surface area (Å²) in [5.41, 5.74) is 3.11. The van der Waals surface area contributed by atoms with Crippen LogP contribution in [-0.2, 0) is 0 Å². The molecule has 0 radical (unpaired) electrons. The number of rotatable bonds is 8. The van der Waals surface area contributed by atoms with Gasteiger partial charge in [-0.1, -0.05) is 31.9 Å². The molecule has 14 heavy (non-hydrogen) atoms. The molecule has 0 aliphatic carbocycles. The van der Waals surface area contributed by atoms with E-state index in [1.165, 1.54) is 44.9 Å². The lowest BCUT2D eigenvalue weighted by molar-refractivity contribution is 0.652. The highest BCUT2D eigenvalue weighted by Gasteiger charge is 1.86. The van der Waals surface area contributed by atoms with Crippen molar-refractivity contribution in [1.82, 2.24) is 0 Å². The second-order valence-electron chi connectivity index (χ2n) is 3.53. The molecule has 0 spiro atoms. The van der Waals surface area contributed by atoms with Crippen molar-refractivity contribution < 1.29 is 0 Å². The van der Waals surface area contributed by atoms with Gasteiger partial charge in [0.25, 0.3) is 0 Å². The Morgan fingerprint density at radius 3 is 2.29 bits per heavy atom. The highest BCUT2D eigenvalue weighted by Crippen LogP contribution is 2.06. The van der Waals surface area contributed by atoms with Crippen LogP contribution in [0, 0.1) is 0 Å². The smallest absolute Gasteiger partial charge is 0.0274 e. The molecule has 0 N–H and O–H groups in total. The Bertz CT molecular complexity index is 180. The molecule has 0 saturated carbocycles. The molecular weight excluding hydrogens is 168 g/mol. The van der Waals surface area contributed by atoms with Crippen LogP contribution in [0.3, 0.4) is 0 Å². The molecule has 0 aliphatic heterocycles. The van der Waals surface area contributed by atoms with Crippen molar-refractivity contribution >= 4 is 0 Å². The molecule has 0 unspecified atom stereocenters. The molecule has 0 atom stereocenters. The van der Waals surface area contributed by atoms with Crippen molar-refractivity contribution in [2.75, 3.05) is 0 Å². The molecule has 0 heteroatoms. The van der Waals surface area contributed by atoms with Crippen LogP contribution >= 0.6 is 0 Å². The third kappa shape index (κ3) is 11.3. The van der Waals surface area contributed by atoms with Gasteiger partial charge < -0.3 is 0 Å². The van der Waals surface area contributed by atoms with Crippen LogP contribution in [0.15, 0.2) is 30.0 Å². The molecule has 0 nitrogen and oxygen atoms in total. The molecule has 0 rings (SSSR count). The second kappa shape index (κ2) is 12.3. The zero-order valence-corrected chi connectivity index (χ0v) is 9.76. The molecular formula is C14H24. The molecule has 0 aromatic carbocycles. The summed E-state index contributed by atoms with van der Waals surface area (Å²) in [6, 6.07) is 0. The quantitative estimate of drug-likeness (QED) is 0.287. The summed E-state index contributed by atoms with van der Waals surface area (Å²) in [5.74, 6) is 0. The molecule has 0 heterocycles. The van der Waals surface area contributed by atoms with Gasteiger partial charge in [0.2, 0.25) is 0 Å². The van der Waals surface area contributed by atoms with Gasteiger partial charge in [0.1, 0.15) is 0 Å². The molecule has 0 fully saturated rings. The van der Waals surface area contributed by atoms with Crippen molar-refractivity contribution in [3.8, 4) is 0 Å². The van der Waals surface area contributed by atoms with E-state index < -0.39 is 0 Å². The summed E-state index contributed by atoms with van der Waals surface area (Å²) in [6.45, 7) is 4.20. The van der Waals surface area contributed by atoms with Crippen molar-refractivity contribution in [3.63, 3.8) is 0 Å². The Morgan fingerprint density at radius 1 is 0.929 bits per heavy atom. The van der Waals surface area contributed by atoms with E-state index >= 15 is 0 Å². The number of hydrogen-bond donors (Lipinski definition) is 0. The fourth-order valence-electron chi connectivity index (χ4n) is 1.35. The van der Waals surface area contributed by atoms with Crippen molar-refractivity contribution in [2.24, 2.45) is 0 Å². The maximum Gasteiger partial charge on any atom is -0.0274 e. The van der Waals surface area contributed by atoms with Crippen LogP contribution in [-0.4, -0.2) is 0 Å². The van der Waals surface area contributed by atoms with Crippen LogP contribution in [0.2, 0.25) is 0 Å². The molecule has 0 aromatic heterocycles. The van der Waals surface area contributed by atoms with Gasteiger partial charge in [0.15, 0.2) is 0 Å². The monoisotopic (exact) mass is 192 g/mol. The van der Waals surface area contributed by atoms with Gasteiger partial charge in [0, 0.05) is 0 Å². The lowest BCUT2D eigenvalue weighted by Gasteiger charge is -1.95. The van der Waals surface area contributed by atoms with Gasteiger partial charge in [-0.05, 0) is 51.2 Å². The summed E-state index contributed by atoms with van der Waals surface area (Å²) >= 11 is 0. The molecule has 0 amide bonds. The predicted molar refractivity (Wildman–Crippen MR) is 65.5 cm³/mol. The Kier molecular flexibility index (Phi) is 11.6. The van der Waals surface area contributed by atoms with E-state index in [0.717, 1.165) is 0 Å². The highest BCUT2D eigenvalue weighted by atomic mass is 13.9. The van der Waals surface area contributed by atoms with E-state index in [4.69, 9.17) is 0 Å². The van der Waals surface area contributed by atoms with Crippen LogP contribution in [0.1, 0.15) is 58.8 Å². The first-order valence-electron chi connectivity index (χ1n) is 5.92. The summed E-state index contributed by atoms with van der Waals surface area (Å²) in [4.78, 5) is 0. The van der Waals surface area contributed by atoms with Gasteiger partial charge in [-0.2, -0.15) is 0 Å². The minimum atomic E-state index is 1.17. The normalized spacial score (nSPS) is 10.1. The van der Waals surface area contributed by atoms with Crippen LogP contribution in [0.4, 0.5) is 0 Å². The predicted octanol–water partition coefficient (Wildman–Crippen LogP) is 5.02. The van der Waals surface area contributed by atoms with Crippen molar-refractivity contribution in [3.05, 3.63) is 30.0 Å². The standard InChI is InChI=1S/C14H24/c1-3-5-7-9-11-13-14-12-10-8-6-4-2/h3,6-8H,4,9-14H2,1-2H3. The Morgan fingerprint density at radius 2 is 1.64 bits per heavy atom. The van der Waals surface area contributed by atoms with E-state index in [1.807, 2.05) is 13.0 Å². The lowest BCUT2D eigenvalue weighted by Crippen LogP contribution is -1.76. The summed E-state index contributed by atoms with van der Waals surface area (Å²) < 4.78 is 0. The fourth-order valence-corrected chi connectivity index (χ4v) is 1.35. The SMILES string of the molecule is CC=C=CCCCCCCC=CCC. The molecule has 0 bridgehead atoms. The molecule has 0 saturated heterocycles. The molecule has 80 valence electrons.